The zero-order chi connectivity index (χ0) is 23.6. The lowest BCUT2D eigenvalue weighted by molar-refractivity contribution is 0.804. The predicted molar refractivity (Wildman–Crippen MR) is 135 cm³/mol. The number of benzene rings is 3. The van der Waals surface area contributed by atoms with Gasteiger partial charge >= 0.3 is 0 Å². The molecule has 0 radical (unpaired) electrons. The topological polar surface area (TPSA) is 86.3 Å². The van der Waals surface area contributed by atoms with E-state index >= 15 is 0 Å². The lowest BCUT2D eigenvalue weighted by Crippen LogP contribution is -2.10. The minimum atomic E-state index is 0.0806. The van der Waals surface area contributed by atoms with Gasteiger partial charge in [-0.1, -0.05) is 65.9 Å². The van der Waals surface area contributed by atoms with Crippen LogP contribution in [0.5, 0.6) is 0 Å². The monoisotopic (exact) mass is 458 g/mol. The molecule has 170 valence electrons. The van der Waals surface area contributed by atoms with Crippen LogP contribution in [0, 0.1) is 0 Å². The third-order valence-corrected chi connectivity index (χ3v) is 5.89. The molecule has 0 saturated carbocycles. The van der Waals surface area contributed by atoms with Crippen LogP contribution in [0.15, 0.2) is 104 Å². The fourth-order valence-electron chi connectivity index (χ4n) is 4.03. The molecule has 1 atom stereocenters. The van der Waals surface area contributed by atoms with Crippen molar-refractivity contribution >= 4 is 17.0 Å². The number of hydrogen-bond donors (Lipinski definition) is 1. The highest BCUT2D eigenvalue weighted by molar-refractivity contribution is 5.79. The molecule has 3 aromatic carbocycles. The Labute approximate surface area is 201 Å². The van der Waals surface area contributed by atoms with Crippen molar-refractivity contribution in [3.63, 3.8) is 0 Å². The third kappa shape index (κ3) is 4.13. The van der Waals surface area contributed by atoms with Crippen molar-refractivity contribution in [3.8, 4) is 22.8 Å². The standard InChI is InChI=1S/C27H22N8/c1-19(20-8-4-2-5-9-20)30-27-28-15-14-26(31-27)34-18-29-23-16-22(12-13-25(23)34)35-17-24(32-33-35)21-10-6-3-7-11-21/h2-19H,1H3,(H,28,30,31)/t19-/m0/s1. The smallest absolute Gasteiger partial charge is 0.225 e. The molecule has 0 fully saturated rings. The maximum Gasteiger partial charge on any atom is 0.225 e. The van der Waals surface area contributed by atoms with Gasteiger partial charge in [0.2, 0.25) is 5.95 Å². The molecule has 0 amide bonds. The maximum absolute atomic E-state index is 4.72. The average Bonchev–Trinajstić information content (AvgIpc) is 3.57. The lowest BCUT2D eigenvalue weighted by Gasteiger charge is -2.14. The highest BCUT2D eigenvalue weighted by atomic mass is 15.4. The van der Waals surface area contributed by atoms with Crippen molar-refractivity contribution in [3.05, 3.63) is 109 Å². The Hall–Kier alpha value is -4.85. The summed E-state index contributed by atoms with van der Waals surface area (Å²) in [7, 11) is 0. The normalized spacial score (nSPS) is 12.0. The van der Waals surface area contributed by atoms with Gasteiger partial charge in [-0.25, -0.2) is 14.6 Å². The molecule has 8 heteroatoms. The van der Waals surface area contributed by atoms with E-state index in [0.29, 0.717) is 5.95 Å². The van der Waals surface area contributed by atoms with E-state index in [0.717, 1.165) is 33.8 Å². The van der Waals surface area contributed by atoms with Gasteiger partial charge in [-0.3, -0.25) is 4.57 Å². The van der Waals surface area contributed by atoms with Gasteiger partial charge in [0, 0.05) is 11.8 Å². The number of aromatic nitrogens is 7. The molecule has 0 saturated heterocycles. The Balaban J connectivity index is 1.27. The lowest BCUT2D eigenvalue weighted by atomic mass is 10.1. The molecule has 0 bridgehead atoms. The van der Waals surface area contributed by atoms with Gasteiger partial charge in [-0.2, -0.15) is 4.98 Å². The molecule has 8 nitrogen and oxygen atoms in total. The second kappa shape index (κ2) is 8.83. The first-order valence-corrected chi connectivity index (χ1v) is 11.3. The summed E-state index contributed by atoms with van der Waals surface area (Å²) in [5, 5.41) is 12.0. The number of nitrogens with one attached hydrogen (secondary N) is 1. The second-order valence-electron chi connectivity index (χ2n) is 8.22. The van der Waals surface area contributed by atoms with E-state index in [9.17, 15) is 0 Å². The first-order valence-electron chi connectivity index (χ1n) is 11.3. The molecule has 0 spiro atoms. The summed E-state index contributed by atoms with van der Waals surface area (Å²) >= 11 is 0. The summed E-state index contributed by atoms with van der Waals surface area (Å²) < 4.78 is 3.72. The number of rotatable bonds is 6. The van der Waals surface area contributed by atoms with Crippen LogP contribution < -0.4 is 5.32 Å². The SMILES string of the molecule is C[C@H](Nc1nccc(-n2cnc3cc(-n4cc(-c5ccccc5)nn4)ccc32)n1)c1ccccc1. The van der Waals surface area contributed by atoms with Gasteiger partial charge in [0.15, 0.2) is 0 Å². The minimum absolute atomic E-state index is 0.0806. The summed E-state index contributed by atoms with van der Waals surface area (Å²) in [6.07, 6.45) is 5.45. The minimum Gasteiger partial charge on any atom is -0.348 e. The highest BCUT2D eigenvalue weighted by Crippen LogP contribution is 2.23. The summed E-state index contributed by atoms with van der Waals surface area (Å²) in [4.78, 5) is 13.7. The van der Waals surface area contributed by atoms with Crippen LogP contribution in [0.4, 0.5) is 5.95 Å². The summed E-state index contributed by atoms with van der Waals surface area (Å²) in [6.45, 7) is 2.09. The number of anilines is 1. The Kier molecular flexibility index (Phi) is 5.23. The Bertz CT molecular complexity index is 1590. The molecular formula is C27H22N8. The van der Waals surface area contributed by atoms with Crippen molar-refractivity contribution in [2.75, 3.05) is 5.32 Å². The first-order chi connectivity index (χ1) is 17.2. The molecular weight excluding hydrogens is 436 g/mol. The van der Waals surface area contributed by atoms with Gasteiger partial charge in [0.1, 0.15) is 17.8 Å². The number of imidazole rings is 1. The van der Waals surface area contributed by atoms with Gasteiger partial charge in [0.25, 0.3) is 0 Å². The maximum atomic E-state index is 4.72. The van der Waals surface area contributed by atoms with Crippen LogP contribution in [0.2, 0.25) is 0 Å². The van der Waals surface area contributed by atoms with Crippen LogP contribution in [0.1, 0.15) is 18.5 Å². The van der Waals surface area contributed by atoms with E-state index in [1.807, 2.05) is 83.6 Å². The number of nitrogens with zero attached hydrogens (tertiary/aromatic N) is 7. The molecule has 6 aromatic rings. The summed E-state index contributed by atoms with van der Waals surface area (Å²) in [5.41, 5.74) is 5.69. The first kappa shape index (κ1) is 20.7. The van der Waals surface area contributed by atoms with Crippen molar-refractivity contribution in [2.45, 2.75) is 13.0 Å². The van der Waals surface area contributed by atoms with E-state index in [4.69, 9.17) is 4.98 Å². The van der Waals surface area contributed by atoms with Crippen LogP contribution in [0.25, 0.3) is 33.8 Å². The fourth-order valence-corrected chi connectivity index (χ4v) is 4.03. The van der Waals surface area contributed by atoms with Gasteiger partial charge in [0.05, 0.1) is 29.0 Å². The molecule has 35 heavy (non-hydrogen) atoms. The van der Waals surface area contributed by atoms with Gasteiger partial charge < -0.3 is 5.32 Å². The second-order valence-corrected chi connectivity index (χ2v) is 8.22. The van der Waals surface area contributed by atoms with Crippen molar-refractivity contribution in [1.29, 1.82) is 0 Å². The van der Waals surface area contributed by atoms with E-state index in [1.165, 1.54) is 5.56 Å². The zero-order valence-electron chi connectivity index (χ0n) is 19.0. The molecule has 0 unspecified atom stereocenters. The molecule has 1 N–H and O–H groups in total. The third-order valence-electron chi connectivity index (χ3n) is 5.89. The predicted octanol–water partition coefficient (Wildman–Crippen LogP) is 5.24. The highest BCUT2D eigenvalue weighted by Gasteiger charge is 2.12. The summed E-state index contributed by atoms with van der Waals surface area (Å²) in [6, 6.07) is 28.2. The van der Waals surface area contributed by atoms with Crippen LogP contribution in [0.3, 0.4) is 0 Å². The quantitative estimate of drug-likeness (QED) is 0.368. The molecule has 3 aromatic heterocycles. The van der Waals surface area contributed by atoms with E-state index in [-0.39, 0.29) is 6.04 Å². The van der Waals surface area contributed by atoms with Crippen molar-refractivity contribution < 1.29 is 0 Å². The van der Waals surface area contributed by atoms with Crippen LogP contribution in [-0.4, -0.2) is 34.5 Å². The number of hydrogen-bond acceptors (Lipinski definition) is 6. The van der Waals surface area contributed by atoms with E-state index in [2.05, 4.69) is 44.7 Å². The van der Waals surface area contributed by atoms with Gasteiger partial charge in [-0.05, 0) is 36.8 Å². The van der Waals surface area contributed by atoms with Gasteiger partial charge in [-0.15, -0.1) is 5.10 Å². The average molecular weight is 459 g/mol. The summed E-state index contributed by atoms with van der Waals surface area (Å²) in [5.74, 6) is 1.30. The van der Waals surface area contributed by atoms with Crippen molar-refractivity contribution in [2.24, 2.45) is 0 Å². The molecule has 3 heterocycles. The largest absolute Gasteiger partial charge is 0.348 e. The fraction of sp³-hybridized carbons (Fsp3) is 0.0741. The van der Waals surface area contributed by atoms with E-state index in [1.54, 1.807) is 17.2 Å². The zero-order valence-corrected chi connectivity index (χ0v) is 19.0. The Morgan fingerprint density at radius 1 is 0.857 bits per heavy atom. The van der Waals surface area contributed by atoms with Crippen molar-refractivity contribution in [1.82, 2.24) is 34.5 Å². The molecule has 0 aliphatic heterocycles. The Morgan fingerprint density at radius 2 is 1.66 bits per heavy atom. The number of fused-ring (bicyclic) bond motifs is 1. The molecule has 0 aliphatic carbocycles. The Morgan fingerprint density at radius 3 is 2.49 bits per heavy atom. The van der Waals surface area contributed by atoms with E-state index < -0.39 is 0 Å². The molecule has 0 aliphatic rings. The molecule has 6 rings (SSSR count). The van der Waals surface area contributed by atoms with Crippen LogP contribution in [-0.2, 0) is 0 Å². The van der Waals surface area contributed by atoms with Crippen LogP contribution >= 0.6 is 0 Å².